The molecule has 0 bridgehead atoms. The summed E-state index contributed by atoms with van der Waals surface area (Å²) >= 11 is 0. The van der Waals surface area contributed by atoms with Gasteiger partial charge in [0, 0.05) is 12.2 Å². The molecule has 0 aliphatic carbocycles. The molecule has 1 aliphatic rings. The summed E-state index contributed by atoms with van der Waals surface area (Å²) in [5, 5.41) is 8.79. The van der Waals surface area contributed by atoms with E-state index in [0.717, 1.165) is 35.5 Å². The molecule has 0 saturated heterocycles. The molecule has 112 valence electrons. The number of fused-ring (bicyclic) bond motifs is 1. The molecular formula is C15H22O5. The molecule has 0 radical (unpaired) electrons. The van der Waals surface area contributed by atoms with Crippen LogP contribution in [0.2, 0.25) is 0 Å². The number of ether oxygens (including phenoxy) is 4. The molecule has 0 amide bonds. The van der Waals surface area contributed by atoms with Crippen LogP contribution in [0.5, 0.6) is 11.5 Å². The van der Waals surface area contributed by atoms with E-state index in [4.69, 9.17) is 24.1 Å². The maximum Gasteiger partial charge on any atom is 0.164 e. The third-order valence-corrected chi connectivity index (χ3v) is 3.43. The van der Waals surface area contributed by atoms with Crippen molar-refractivity contribution in [1.82, 2.24) is 0 Å². The Balaban J connectivity index is 2.29. The zero-order valence-electron chi connectivity index (χ0n) is 12.1. The van der Waals surface area contributed by atoms with E-state index in [9.17, 15) is 0 Å². The summed E-state index contributed by atoms with van der Waals surface area (Å²) < 4.78 is 22.1. The van der Waals surface area contributed by atoms with Gasteiger partial charge in [0.2, 0.25) is 0 Å². The van der Waals surface area contributed by atoms with Crippen molar-refractivity contribution in [3.05, 3.63) is 23.3 Å². The molecule has 20 heavy (non-hydrogen) atoms. The average Bonchev–Trinajstić information content (AvgIpc) is 2.69. The van der Waals surface area contributed by atoms with Crippen molar-refractivity contribution >= 4 is 0 Å². The van der Waals surface area contributed by atoms with Crippen molar-refractivity contribution in [3.63, 3.8) is 0 Å². The van der Waals surface area contributed by atoms with Gasteiger partial charge in [0.25, 0.3) is 0 Å². The van der Waals surface area contributed by atoms with Gasteiger partial charge in [0.05, 0.1) is 34.0 Å². The predicted molar refractivity (Wildman–Crippen MR) is 74.5 cm³/mol. The van der Waals surface area contributed by atoms with E-state index in [1.54, 1.807) is 14.2 Å². The molecule has 1 atom stereocenters. The molecule has 2 rings (SSSR count). The maximum atomic E-state index is 8.79. The fourth-order valence-corrected chi connectivity index (χ4v) is 2.52. The van der Waals surface area contributed by atoms with E-state index < -0.39 is 0 Å². The number of benzene rings is 1. The average molecular weight is 282 g/mol. The molecule has 1 aromatic carbocycles. The highest BCUT2D eigenvalue weighted by Crippen LogP contribution is 2.39. The van der Waals surface area contributed by atoms with E-state index in [0.29, 0.717) is 19.8 Å². The Kier molecular flexibility index (Phi) is 5.64. The van der Waals surface area contributed by atoms with Crippen molar-refractivity contribution in [2.75, 3.05) is 40.6 Å². The van der Waals surface area contributed by atoms with Crippen LogP contribution in [-0.2, 0) is 15.9 Å². The Morgan fingerprint density at radius 1 is 1.30 bits per heavy atom. The number of aliphatic hydroxyl groups excluding tert-OH is 1. The predicted octanol–water partition coefficient (Wildman–Crippen LogP) is 1.72. The summed E-state index contributed by atoms with van der Waals surface area (Å²) in [7, 11) is 3.29. The zero-order valence-corrected chi connectivity index (χ0v) is 12.1. The number of methoxy groups -OCH3 is 2. The normalized spacial score (nSPS) is 18.2. The minimum atomic E-state index is -0.126. The summed E-state index contributed by atoms with van der Waals surface area (Å²) in [5.41, 5.74) is 2.21. The smallest absolute Gasteiger partial charge is 0.164 e. The van der Waals surface area contributed by atoms with Crippen molar-refractivity contribution < 1.29 is 24.1 Å². The highest BCUT2D eigenvalue weighted by atomic mass is 16.5. The van der Waals surface area contributed by atoms with Gasteiger partial charge in [0.1, 0.15) is 6.10 Å². The summed E-state index contributed by atoms with van der Waals surface area (Å²) in [6, 6.07) is 3.90. The van der Waals surface area contributed by atoms with Crippen LogP contribution in [0.15, 0.2) is 12.1 Å². The number of aliphatic hydroxyl groups is 1. The zero-order chi connectivity index (χ0) is 14.4. The van der Waals surface area contributed by atoms with Gasteiger partial charge in [-0.25, -0.2) is 0 Å². The van der Waals surface area contributed by atoms with Crippen LogP contribution in [0.4, 0.5) is 0 Å². The van der Waals surface area contributed by atoms with Crippen LogP contribution in [0.25, 0.3) is 0 Å². The molecular weight excluding hydrogens is 260 g/mol. The minimum absolute atomic E-state index is 0.0194. The Morgan fingerprint density at radius 3 is 2.85 bits per heavy atom. The van der Waals surface area contributed by atoms with Crippen LogP contribution in [0.3, 0.4) is 0 Å². The largest absolute Gasteiger partial charge is 0.493 e. The Hall–Kier alpha value is -1.30. The second-order valence-corrected chi connectivity index (χ2v) is 4.63. The number of hydrogen-bond donors (Lipinski definition) is 1. The standard InChI is InChI=1S/C15H22O5/c1-17-13-6-5-11-12(15(13)18-2)4-3-8-20-14(11)10-19-9-7-16/h5-6,14,16H,3-4,7-10H2,1-2H3. The Labute approximate surface area is 119 Å². The monoisotopic (exact) mass is 282 g/mol. The van der Waals surface area contributed by atoms with Gasteiger partial charge in [-0.3, -0.25) is 0 Å². The third-order valence-electron chi connectivity index (χ3n) is 3.43. The van der Waals surface area contributed by atoms with Gasteiger partial charge >= 0.3 is 0 Å². The Bertz CT molecular complexity index is 433. The first-order valence-corrected chi connectivity index (χ1v) is 6.85. The van der Waals surface area contributed by atoms with E-state index in [-0.39, 0.29) is 12.7 Å². The van der Waals surface area contributed by atoms with Gasteiger partial charge in [-0.1, -0.05) is 6.07 Å². The fraction of sp³-hybridized carbons (Fsp3) is 0.600. The van der Waals surface area contributed by atoms with E-state index in [1.165, 1.54) is 0 Å². The highest BCUT2D eigenvalue weighted by Gasteiger charge is 2.24. The van der Waals surface area contributed by atoms with Gasteiger partial charge in [-0.2, -0.15) is 0 Å². The molecule has 1 heterocycles. The first kappa shape index (κ1) is 15.1. The molecule has 1 aromatic rings. The molecule has 1 aliphatic heterocycles. The van der Waals surface area contributed by atoms with Crippen LogP contribution in [-0.4, -0.2) is 45.8 Å². The van der Waals surface area contributed by atoms with Crippen molar-refractivity contribution in [2.45, 2.75) is 18.9 Å². The lowest BCUT2D eigenvalue weighted by atomic mass is 9.98. The third kappa shape index (κ3) is 3.23. The van der Waals surface area contributed by atoms with Gasteiger partial charge in [-0.15, -0.1) is 0 Å². The van der Waals surface area contributed by atoms with Crippen molar-refractivity contribution in [2.24, 2.45) is 0 Å². The summed E-state index contributed by atoms with van der Waals surface area (Å²) in [4.78, 5) is 0. The van der Waals surface area contributed by atoms with E-state index >= 15 is 0 Å². The van der Waals surface area contributed by atoms with Crippen LogP contribution < -0.4 is 9.47 Å². The fourth-order valence-electron chi connectivity index (χ4n) is 2.52. The minimum Gasteiger partial charge on any atom is -0.493 e. The van der Waals surface area contributed by atoms with Crippen LogP contribution >= 0.6 is 0 Å². The van der Waals surface area contributed by atoms with Gasteiger partial charge in [0.15, 0.2) is 11.5 Å². The van der Waals surface area contributed by atoms with Crippen molar-refractivity contribution in [3.8, 4) is 11.5 Å². The first-order chi connectivity index (χ1) is 9.81. The lowest BCUT2D eigenvalue weighted by Gasteiger charge is -2.20. The van der Waals surface area contributed by atoms with Gasteiger partial charge in [-0.05, 0) is 24.5 Å². The van der Waals surface area contributed by atoms with Crippen LogP contribution in [0.1, 0.15) is 23.7 Å². The topological polar surface area (TPSA) is 57.2 Å². The quantitative estimate of drug-likeness (QED) is 0.805. The second kappa shape index (κ2) is 7.47. The lowest BCUT2D eigenvalue weighted by Crippen LogP contribution is -2.14. The van der Waals surface area contributed by atoms with Gasteiger partial charge < -0.3 is 24.1 Å². The molecule has 0 aromatic heterocycles. The highest BCUT2D eigenvalue weighted by molar-refractivity contribution is 5.52. The number of hydrogen-bond acceptors (Lipinski definition) is 5. The molecule has 0 saturated carbocycles. The summed E-state index contributed by atoms with van der Waals surface area (Å²) in [6.45, 7) is 1.46. The van der Waals surface area contributed by atoms with Crippen LogP contribution in [0, 0.1) is 0 Å². The van der Waals surface area contributed by atoms with Crippen molar-refractivity contribution in [1.29, 1.82) is 0 Å². The second-order valence-electron chi connectivity index (χ2n) is 4.63. The molecule has 1 unspecified atom stereocenters. The molecule has 0 fully saturated rings. The SMILES string of the molecule is COc1ccc2c(c1OC)CCCOC2COCCO. The lowest BCUT2D eigenvalue weighted by molar-refractivity contribution is -0.0229. The molecule has 0 spiro atoms. The molecule has 5 heteroatoms. The summed E-state index contributed by atoms with van der Waals surface area (Å²) in [5.74, 6) is 1.52. The maximum absolute atomic E-state index is 8.79. The van der Waals surface area contributed by atoms with E-state index in [1.807, 2.05) is 12.1 Å². The Morgan fingerprint density at radius 2 is 2.15 bits per heavy atom. The molecule has 5 nitrogen and oxygen atoms in total. The molecule has 1 N–H and O–H groups in total. The summed E-state index contributed by atoms with van der Waals surface area (Å²) in [6.07, 6.45) is 1.71. The number of rotatable bonds is 6. The first-order valence-electron chi connectivity index (χ1n) is 6.85. The van der Waals surface area contributed by atoms with E-state index in [2.05, 4.69) is 0 Å².